The van der Waals surface area contributed by atoms with Crippen LogP contribution in [0, 0.1) is 13.8 Å². The lowest BCUT2D eigenvalue weighted by Crippen LogP contribution is -2.00. The van der Waals surface area contributed by atoms with Crippen LogP contribution in [0.25, 0.3) is 0 Å². The van der Waals surface area contributed by atoms with Crippen molar-refractivity contribution in [3.63, 3.8) is 0 Å². The number of aryl methyl sites for hydroxylation is 2. The predicted octanol–water partition coefficient (Wildman–Crippen LogP) is 5.08. The molecule has 0 heterocycles. The predicted molar refractivity (Wildman–Crippen MR) is 85.7 cm³/mol. The Morgan fingerprint density at radius 2 is 1.74 bits per heavy atom. The Balaban J connectivity index is 2.39. The van der Waals surface area contributed by atoms with E-state index in [0.717, 1.165) is 37.1 Å². The fourth-order valence-electron chi connectivity index (χ4n) is 1.92. The van der Waals surface area contributed by atoms with Crippen molar-refractivity contribution in [2.45, 2.75) is 20.4 Å². The van der Waals surface area contributed by atoms with Crippen molar-refractivity contribution in [2.24, 2.45) is 5.73 Å². The van der Waals surface area contributed by atoms with E-state index in [0.29, 0.717) is 6.54 Å². The second-order valence-electron chi connectivity index (χ2n) is 4.39. The molecular formula is C15H15Br2NO. The fourth-order valence-corrected chi connectivity index (χ4v) is 2.66. The standard InChI is InChI=1S/C15H15Br2NO/c1-9-6-11(7-10(2)15(9)17)19-14-5-3-4-13(16)12(14)8-18/h3-7H,8,18H2,1-2H3. The molecule has 2 aromatic carbocycles. The van der Waals surface area contributed by atoms with Gasteiger partial charge in [0.1, 0.15) is 11.5 Å². The largest absolute Gasteiger partial charge is 0.457 e. The average molecular weight is 385 g/mol. The highest BCUT2D eigenvalue weighted by molar-refractivity contribution is 9.10. The van der Waals surface area contributed by atoms with E-state index in [4.69, 9.17) is 10.5 Å². The van der Waals surface area contributed by atoms with Crippen LogP contribution < -0.4 is 10.5 Å². The van der Waals surface area contributed by atoms with Gasteiger partial charge in [-0.3, -0.25) is 0 Å². The minimum Gasteiger partial charge on any atom is -0.457 e. The minimum atomic E-state index is 0.436. The first-order chi connectivity index (χ1) is 9.02. The summed E-state index contributed by atoms with van der Waals surface area (Å²) in [7, 11) is 0. The van der Waals surface area contributed by atoms with Crippen LogP contribution in [0.3, 0.4) is 0 Å². The highest BCUT2D eigenvalue weighted by Crippen LogP contribution is 2.33. The maximum Gasteiger partial charge on any atom is 0.133 e. The molecule has 0 aliphatic heterocycles. The third kappa shape index (κ3) is 3.19. The van der Waals surface area contributed by atoms with E-state index in [1.165, 1.54) is 0 Å². The summed E-state index contributed by atoms with van der Waals surface area (Å²) < 4.78 is 8.06. The van der Waals surface area contributed by atoms with Crippen molar-refractivity contribution in [3.8, 4) is 11.5 Å². The molecule has 0 atom stereocenters. The first-order valence-electron chi connectivity index (χ1n) is 5.95. The monoisotopic (exact) mass is 383 g/mol. The molecule has 0 spiro atoms. The zero-order chi connectivity index (χ0) is 14.0. The smallest absolute Gasteiger partial charge is 0.133 e. The first kappa shape index (κ1) is 14.6. The van der Waals surface area contributed by atoms with Gasteiger partial charge >= 0.3 is 0 Å². The van der Waals surface area contributed by atoms with E-state index in [-0.39, 0.29) is 0 Å². The fraction of sp³-hybridized carbons (Fsp3) is 0.200. The molecule has 19 heavy (non-hydrogen) atoms. The lowest BCUT2D eigenvalue weighted by atomic mass is 10.1. The van der Waals surface area contributed by atoms with Crippen molar-refractivity contribution in [2.75, 3.05) is 0 Å². The molecule has 0 bridgehead atoms. The van der Waals surface area contributed by atoms with Gasteiger partial charge in [0.15, 0.2) is 0 Å². The molecule has 4 heteroatoms. The maximum atomic E-state index is 5.97. The van der Waals surface area contributed by atoms with Crippen molar-refractivity contribution in [1.82, 2.24) is 0 Å². The Kier molecular flexibility index (Phi) is 4.66. The van der Waals surface area contributed by atoms with Gasteiger partial charge in [-0.15, -0.1) is 0 Å². The molecular weight excluding hydrogens is 370 g/mol. The van der Waals surface area contributed by atoms with E-state index in [1.807, 2.05) is 30.3 Å². The molecule has 0 saturated heterocycles. The van der Waals surface area contributed by atoms with Gasteiger partial charge in [0, 0.05) is 21.1 Å². The highest BCUT2D eigenvalue weighted by Gasteiger charge is 2.09. The number of halogens is 2. The summed E-state index contributed by atoms with van der Waals surface area (Å²) >= 11 is 7.05. The van der Waals surface area contributed by atoms with Crippen LogP contribution in [0.5, 0.6) is 11.5 Å². The third-order valence-electron chi connectivity index (χ3n) is 2.92. The quantitative estimate of drug-likeness (QED) is 0.800. The number of nitrogens with two attached hydrogens (primary N) is 1. The molecule has 2 rings (SSSR count). The molecule has 2 N–H and O–H groups in total. The second kappa shape index (κ2) is 6.07. The van der Waals surface area contributed by atoms with Crippen LogP contribution in [0.15, 0.2) is 39.3 Å². The molecule has 0 saturated carbocycles. The summed E-state index contributed by atoms with van der Waals surface area (Å²) in [4.78, 5) is 0. The van der Waals surface area contributed by atoms with Gasteiger partial charge in [0.2, 0.25) is 0 Å². The second-order valence-corrected chi connectivity index (χ2v) is 6.04. The Hall–Kier alpha value is -0.840. The Labute approximate surface area is 130 Å². The molecule has 0 amide bonds. The lowest BCUT2D eigenvalue weighted by molar-refractivity contribution is 0.475. The molecule has 0 aromatic heterocycles. The molecule has 2 nitrogen and oxygen atoms in total. The van der Waals surface area contributed by atoms with Crippen molar-refractivity contribution in [1.29, 1.82) is 0 Å². The Morgan fingerprint density at radius 1 is 1.11 bits per heavy atom. The van der Waals surface area contributed by atoms with Gasteiger partial charge in [-0.05, 0) is 49.2 Å². The lowest BCUT2D eigenvalue weighted by Gasteiger charge is -2.13. The molecule has 2 aromatic rings. The average Bonchev–Trinajstić information content (AvgIpc) is 2.36. The molecule has 0 aliphatic carbocycles. The van der Waals surface area contributed by atoms with Crippen molar-refractivity contribution >= 4 is 31.9 Å². The van der Waals surface area contributed by atoms with Gasteiger partial charge in [-0.25, -0.2) is 0 Å². The maximum absolute atomic E-state index is 5.97. The van der Waals surface area contributed by atoms with Gasteiger partial charge in [0.25, 0.3) is 0 Å². The van der Waals surface area contributed by atoms with Crippen LogP contribution in [0.1, 0.15) is 16.7 Å². The number of rotatable bonds is 3. The SMILES string of the molecule is Cc1cc(Oc2cccc(Br)c2CN)cc(C)c1Br. The van der Waals surface area contributed by atoms with Crippen LogP contribution in [-0.4, -0.2) is 0 Å². The molecule has 0 aliphatic rings. The van der Waals surface area contributed by atoms with Crippen LogP contribution in [0.2, 0.25) is 0 Å². The van der Waals surface area contributed by atoms with Crippen LogP contribution in [0.4, 0.5) is 0 Å². The topological polar surface area (TPSA) is 35.2 Å². The zero-order valence-corrected chi connectivity index (χ0v) is 14.0. The van der Waals surface area contributed by atoms with Gasteiger partial charge in [0.05, 0.1) is 0 Å². The number of hydrogen-bond donors (Lipinski definition) is 1. The van der Waals surface area contributed by atoms with Crippen LogP contribution >= 0.6 is 31.9 Å². The van der Waals surface area contributed by atoms with Gasteiger partial charge in [-0.2, -0.15) is 0 Å². The molecule has 0 fully saturated rings. The van der Waals surface area contributed by atoms with E-state index in [2.05, 4.69) is 45.7 Å². The van der Waals surface area contributed by atoms with Gasteiger partial charge < -0.3 is 10.5 Å². The summed E-state index contributed by atoms with van der Waals surface area (Å²) in [6.07, 6.45) is 0. The third-order valence-corrected chi connectivity index (χ3v) is 4.91. The molecule has 100 valence electrons. The highest BCUT2D eigenvalue weighted by atomic mass is 79.9. The zero-order valence-electron chi connectivity index (χ0n) is 10.8. The first-order valence-corrected chi connectivity index (χ1v) is 7.53. The van der Waals surface area contributed by atoms with Crippen molar-refractivity contribution in [3.05, 3.63) is 56.0 Å². The minimum absolute atomic E-state index is 0.436. The molecule has 0 unspecified atom stereocenters. The van der Waals surface area contributed by atoms with E-state index in [1.54, 1.807) is 0 Å². The summed E-state index contributed by atoms with van der Waals surface area (Å²) in [5.41, 5.74) is 9.05. The Bertz CT molecular complexity index is 588. The van der Waals surface area contributed by atoms with E-state index in [9.17, 15) is 0 Å². The molecule has 0 radical (unpaired) electrons. The normalized spacial score (nSPS) is 10.6. The number of ether oxygens (including phenoxy) is 1. The summed E-state index contributed by atoms with van der Waals surface area (Å²) in [6, 6.07) is 9.86. The summed E-state index contributed by atoms with van der Waals surface area (Å²) in [5, 5.41) is 0. The van der Waals surface area contributed by atoms with Crippen LogP contribution in [-0.2, 0) is 6.54 Å². The van der Waals surface area contributed by atoms with Gasteiger partial charge in [-0.1, -0.05) is 37.9 Å². The van der Waals surface area contributed by atoms with E-state index >= 15 is 0 Å². The number of hydrogen-bond acceptors (Lipinski definition) is 2. The summed E-state index contributed by atoms with van der Waals surface area (Å²) in [6.45, 7) is 4.54. The number of benzene rings is 2. The van der Waals surface area contributed by atoms with Crippen molar-refractivity contribution < 1.29 is 4.74 Å². The summed E-state index contributed by atoms with van der Waals surface area (Å²) in [5.74, 6) is 1.61. The van der Waals surface area contributed by atoms with E-state index < -0.39 is 0 Å². The Morgan fingerprint density at radius 3 is 2.32 bits per heavy atom.